The monoisotopic (exact) mass is 1150 g/mol. The van der Waals surface area contributed by atoms with Crippen LogP contribution in [0.3, 0.4) is 0 Å². The normalized spacial score (nSPS) is 13.2. The first-order valence-corrected chi connectivity index (χ1v) is 21.9. The number of benzene rings is 6. The topological polar surface area (TPSA) is 33.8 Å². The predicted octanol–water partition coefficient (Wildman–Crippen LogP) is 14.4. The van der Waals surface area contributed by atoms with E-state index in [1.807, 2.05) is 53.2 Å². The molecule has 1 heterocycles. The summed E-state index contributed by atoms with van der Waals surface area (Å²) in [6, 6.07) is 8.67. The molecule has 28 heteroatoms. The second kappa shape index (κ2) is 21.3. The molecule has 0 N–H and O–H groups in total. The highest BCUT2D eigenvalue weighted by molar-refractivity contribution is 7.20. The molecule has 7 rings (SSSR count). The lowest BCUT2D eigenvalue weighted by atomic mass is 9.12. The van der Waals surface area contributed by atoms with Crippen LogP contribution in [0.25, 0.3) is 11.3 Å². The van der Waals surface area contributed by atoms with Gasteiger partial charge in [0.15, 0.2) is 6.20 Å². The maximum Gasteiger partial charge on any atom is 0.416 e. The molecular formula is C51H29BF24N2O. The highest BCUT2D eigenvalue weighted by Crippen LogP contribution is 2.41. The van der Waals surface area contributed by atoms with Crippen LogP contribution in [0.2, 0.25) is 0 Å². The molecule has 3 nitrogen and oxygen atoms in total. The number of aromatic nitrogens is 2. The van der Waals surface area contributed by atoms with Crippen molar-refractivity contribution in [1.29, 1.82) is 0 Å². The number of aryl methyl sites for hydroxylation is 1. The fourth-order valence-electron chi connectivity index (χ4n) is 8.55. The standard InChI is InChI=1S/C32H12BF24.C19H17N2O/c34-25(35,36)13-1-14(26(37,38)39)6-21(5-13)33(22-7-15(27(40,41)42)2-16(8-22)28(43,44)45,23-9-17(29(46,47)48)3-18(10-23)30(49,50)51)24-11-19(31(52,53)54)4-20(12-24)32(55,56)57;1-15-7-5-6-10-17(15)18-13-20-11-12-21(18)14-19(22)16-8-3-2-4-9-16/h1-12H;2-13H,14H2,1H3/q-1;+1. The van der Waals surface area contributed by atoms with Crippen LogP contribution in [-0.2, 0) is 56.0 Å². The van der Waals surface area contributed by atoms with Gasteiger partial charge in [0.1, 0.15) is 6.15 Å². The zero-order valence-electron chi connectivity index (χ0n) is 39.0. The average molecular weight is 1150 g/mol. The van der Waals surface area contributed by atoms with Crippen LogP contribution < -0.4 is 26.4 Å². The van der Waals surface area contributed by atoms with E-state index < -0.39 is 195 Å². The predicted molar refractivity (Wildman–Crippen MR) is 235 cm³/mol. The molecule has 79 heavy (non-hydrogen) atoms. The van der Waals surface area contributed by atoms with Gasteiger partial charge in [-0.2, -0.15) is 132 Å². The molecule has 0 atom stereocenters. The van der Waals surface area contributed by atoms with E-state index in [0.717, 1.165) is 22.4 Å². The molecule has 420 valence electrons. The van der Waals surface area contributed by atoms with Gasteiger partial charge >= 0.3 is 49.4 Å². The summed E-state index contributed by atoms with van der Waals surface area (Å²) in [4.78, 5) is 16.7. The van der Waals surface area contributed by atoms with Crippen molar-refractivity contribution in [2.75, 3.05) is 0 Å². The van der Waals surface area contributed by atoms with Gasteiger partial charge in [-0.3, -0.25) is 9.78 Å². The van der Waals surface area contributed by atoms with Crippen molar-refractivity contribution in [3.63, 3.8) is 0 Å². The molecule has 0 aliphatic rings. The van der Waals surface area contributed by atoms with Gasteiger partial charge in [-0.1, -0.05) is 97.1 Å². The van der Waals surface area contributed by atoms with Gasteiger partial charge in [0.2, 0.25) is 18.0 Å². The van der Waals surface area contributed by atoms with Crippen molar-refractivity contribution in [1.82, 2.24) is 4.98 Å². The van der Waals surface area contributed by atoms with Gasteiger partial charge in [-0.25, -0.2) is 0 Å². The Morgan fingerprint density at radius 1 is 0.405 bits per heavy atom. The molecular weight excluding hydrogens is 1120 g/mol. The quantitative estimate of drug-likeness (QED) is 0.0658. The van der Waals surface area contributed by atoms with E-state index in [9.17, 15) is 110 Å². The Morgan fingerprint density at radius 2 is 0.684 bits per heavy atom. The summed E-state index contributed by atoms with van der Waals surface area (Å²) in [5, 5.41) is 0. The molecule has 7 aromatic rings. The van der Waals surface area contributed by atoms with E-state index in [1.54, 1.807) is 12.4 Å². The third-order valence-electron chi connectivity index (χ3n) is 12.1. The highest BCUT2D eigenvalue weighted by atomic mass is 19.4. The Kier molecular flexibility index (Phi) is 16.3. The number of carbonyl (C=O) groups excluding carboxylic acids is 1. The van der Waals surface area contributed by atoms with E-state index in [0.29, 0.717) is 6.54 Å². The Labute approximate surface area is 428 Å². The molecule has 0 saturated heterocycles. The number of hydrogen-bond acceptors (Lipinski definition) is 2. The minimum absolute atomic E-state index is 0.0895. The van der Waals surface area contributed by atoms with Crippen molar-refractivity contribution in [3.05, 3.63) is 202 Å². The maximum absolute atomic E-state index is 14.2. The first-order valence-electron chi connectivity index (χ1n) is 21.9. The lowest BCUT2D eigenvalue weighted by Gasteiger charge is -2.46. The summed E-state index contributed by atoms with van der Waals surface area (Å²) in [6.07, 6.45) is -49.4. The van der Waals surface area contributed by atoms with Gasteiger partial charge < -0.3 is 0 Å². The fourth-order valence-corrected chi connectivity index (χ4v) is 8.55. The molecule has 0 aliphatic carbocycles. The number of ketones is 1. The number of halogens is 24. The van der Waals surface area contributed by atoms with Crippen LogP contribution in [-0.4, -0.2) is 16.9 Å². The molecule has 0 spiro atoms. The van der Waals surface area contributed by atoms with Crippen LogP contribution in [0.5, 0.6) is 0 Å². The SMILES string of the molecule is Cc1ccccc1-c1cncc[n+]1CC(=O)c1ccccc1.FC(F)(F)c1cc([B-](c2cc(C(F)(F)F)cc(C(F)(F)F)c2)(c2cc(C(F)(F)F)cc(C(F)(F)F)c2)c2cc(C(F)(F)F)cc(C(F)(F)F)c2)cc(C(F)(F)F)c1. The first-order chi connectivity index (χ1) is 36.0. The Balaban J connectivity index is 0.000000378. The minimum atomic E-state index is -6.13. The third-order valence-corrected chi connectivity index (χ3v) is 12.1. The van der Waals surface area contributed by atoms with Crippen LogP contribution in [0, 0.1) is 6.92 Å². The van der Waals surface area contributed by atoms with Gasteiger partial charge in [0, 0.05) is 5.56 Å². The number of Topliss-reactive ketones (excluding diaryl/α,β-unsaturated/α-hetero) is 1. The van der Waals surface area contributed by atoms with Crippen LogP contribution in [0.1, 0.15) is 60.4 Å². The minimum Gasteiger partial charge on any atom is -0.287 e. The number of hydrogen-bond donors (Lipinski definition) is 0. The molecule has 0 saturated carbocycles. The van der Waals surface area contributed by atoms with Gasteiger partial charge in [0.25, 0.3) is 0 Å². The lowest BCUT2D eigenvalue weighted by Crippen LogP contribution is -2.75. The first kappa shape index (κ1) is 60.7. The number of alkyl halides is 24. The summed E-state index contributed by atoms with van der Waals surface area (Å²) in [5.41, 5.74) is -26.3. The number of nitrogens with zero attached hydrogens (tertiary/aromatic N) is 2. The van der Waals surface area contributed by atoms with Crippen LogP contribution >= 0.6 is 0 Å². The van der Waals surface area contributed by atoms with E-state index in [1.165, 1.54) is 0 Å². The molecule has 1 aromatic heterocycles. The lowest BCUT2D eigenvalue weighted by molar-refractivity contribution is -0.672. The highest BCUT2D eigenvalue weighted by Gasteiger charge is 2.47. The van der Waals surface area contributed by atoms with Crippen molar-refractivity contribution >= 4 is 33.8 Å². The molecule has 6 aromatic carbocycles. The second-order valence-corrected chi connectivity index (χ2v) is 17.4. The van der Waals surface area contributed by atoms with Crippen LogP contribution in [0.4, 0.5) is 105 Å². The number of carbonyl (C=O) groups is 1. The molecule has 0 radical (unpaired) electrons. The largest absolute Gasteiger partial charge is 0.416 e. The van der Waals surface area contributed by atoms with Crippen molar-refractivity contribution in [2.24, 2.45) is 0 Å². The molecule has 0 unspecified atom stereocenters. The second-order valence-electron chi connectivity index (χ2n) is 17.4. The summed E-state index contributed by atoms with van der Waals surface area (Å²) in [7, 11) is 0. The van der Waals surface area contributed by atoms with Gasteiger partial charge in [-0.05, 0) is 42.8 Å². The number of rotatable bonds is 8. The zero-order chi connectivity index (χ0) is 59.3. The van der Waals surface area contributed by atoms with E-state index in [4.69, 9.17) is 0 Å². The Morgan fingerprint density at radius 3 is 0.962 bits per heavy atom. The van der Waals surface area contributed by atoms with Crippen molar-refractivity contribution < 1.29 is 115 Å². The van der Waals surface area contributed by atoms with Crippen LogP contribution in [0.15, 0.2) is 146 Å². The summed E-state index contributed by atoms with van der Waals surface area (Å²) in [6.45, 7) is 2.36. The van der Waals surface area contributed by atoms with Gasteiger partial charge in [-0.15, -0.1) is 0 Å². The third kappa shape index (κ3) is 13.8. The Hall–Kier alpha value is -7.55. The molecule has 0 bridgehead atoms. The molecule has 0 fully saturated rings. The smallest absolute Gasteiger partial charge is 0.287 e. The summed E-state index contributed by atoms with van der Waals surface area (Å²) >= 11 is 0. The zero-order valence-corrected chi connectivity index (χ0v) is 39.0. The summed E-state index contributed by atoms with van der Waals surface area (Å²) in [5.74, 6) is 0.0895. The van der Waals surface area contributed by atoms with E-state index >= 15 is 0 Å². The Bertz CT molecular complexity index is 2910. The van der Waals surface area contributed by atoms with E-state index in [-0.39, 0.29) is 5.78 Å². The van der Waals surface area contributed by atoms with Crippen molar-refractivity contribution in [3.8, 4) is 11.3 Å². The maximum atomic E-state index is 14.2. The fraction of sp³-hybridized carbons (Fsp3) is 0.196. The van der Waals surface area contributed by atoms with Crippen molar-refractivity contribution in [2.45, 2.75) is 62.9 Å². The summed E-state index contributed by atoms with van der Waals surface area (Å²) < 4.78 is 343. The van der Waals surface area contributed by atoms with Gasteiger partial charge in [0.05, 0.1) is 62.5 Å². The van der Waals surface area contributed by atoms with E-state index in [2.05, 4.69) is 24.0 Å². The molecule has 0 aliphatic heterocycles. The molecule has 0 amide bonds. The average Bonchev–Trinajstić information content (AvgIpc) is 3.37.